The molecule has 0 aliphatic heterocycles. The molecule has 3 N–H and O–H groups in total. The minimum atomic E-state index is -0.729. The van der Waals surface area contributed by atoms with Crippen molar-refractivity contribution in [2.45, 2.75) is 52.5 Å². The maximum atomic E-state index is 13.5. The lowest BCUT2D eigenvalue weighted by atomic mass is 9.71. The maximum Gasteiger partial charge on any atom is 0.251 e. The number of carbonyl (C=O) groups is 1. The molecule has 0 heterocycles. The van der Waals surface area contributed by atoms with E-state index in [1.54, 1.807) is 6.07 Å². The summed E-state index contributed by atoms with van der Waals surface area (Å²) < 4.78 is 13.5. The molecule has 1 fully saturated rings. The fourth-order valence-corrected chi connectivity index (χ4v) is 3.14. The predicted octanol–water partition coefficient (Wildman–Crippen LogP) is 3.94. The van der Waals surface area contributed by atoms with Gasteiger partial charge in [0.25, 0.3) is 5.91 Å². The van der Waals surface area contributed by atoms with Crippen molar-refractivity contribution in [2.75, 3.05) is 5.32 Å². The summed E-state index contributed by atoms with van der Waals surface area (Å²) in [6.07, 6.45) is 4.60. The Hall–Kier alpha value is -1.58. The summed E-state index contributed by atoms with van der Waals surface area (Å²) in [6.45, 7) is 6.89. The standard InChI is InChI=1S/C17H25FN2O/c1-17(2,3)11-4-6-12(7-5-11)20-13-8-9-15(18)14(10-13)16(19)21/h8-12,20H,4-7H2,1-3H3,(H2,19,21). The lowest BCUT2D eigenvalue weighted by Crippen LogP contribution is -2.31. The Morgan fingerprint density at radius 1 is 1.24 bits per heavy atom. The number of benzene rings is 1. The quantitative estimate of drug-likeness (QED) is 0.886. The van der Waals surface area contributed by atoms with Gasteiger partial charge in [0, 0.05) is 11.7 Å². The van der Waals surface area contributed by atoms with Gasteiger partial charge < -0.3 is 11.1 Å². The number of anilines is 1. The van der Waals surface area contributed by atoms with Gasteiger partial charge in [-0.2, -0.15) is 0 Å². The van der Waals surface area contributed by atoms with Crippen LogP contribution < -0.4 is 11.1 Å². The third-order valence-corrected chi connectivity index (χ3v) is 4.55. The lowest BCUT2D eigenvalue weighted by Gasteiger charge is -2.37. The summed E-state index contributed by atoms with van der Waals surface area (Å²) in [5, 5.41) is 3.40. The Morgan fingerprint density at radius 2 is 1.86 bits per heavy atom. The van der Waals surface area contributed by atoms with Gasteiger partial charge in [0.05, 0.1) is 5.56 Å². The minimum absolute atomic E-state index is 0.0524. The Balaban J connectivity index is 1.98. The van der Waals surface area contributed by atoms with Crippen molar-refractivity contribution < 1.29 is 9.18 Å². The fourth-order valence-electron chi connectivity index (χ4n) is 3.14. The number of rotatable bonds is 3. The van der Waals surface area contributed by atoms with Crippen LogP contribution in [0.15, 0.2) is 18.2 Å². The van der Waals surface area contributed by atoms with Gasteiger partial charge in [-0.15, -0.1) is 0 Å². The molecular formula is C17H25FN2O. The minimum Gasteiger partial charge on any atom is -0.382 e. The number of carbonyl (C=O) groups excluding carboxylic acids is 1. The average molecular weight is 292 g/mol. The number of primary amides is 1. The van der Waals surface area contributed by atoms with Crippen molar-refractivity contribution in [1.82, 2.24) is 0 Å². The summed E-state index contributed by atoms with van der Waals surface area (Å²) in [7, 11) is 0. The molecule has 0 aromatic heterocycles. The van der Waals surface area contributed by atoms with Gasteiger partial charge in [-0.25, -0.2) is 4.39 Å². The van der Waals surface area contributed by atoms with Crippen molar-refractivity contribution >= 4 is 11.6 Å². The molecule has 1 aromatic carbocycles. The number of nitrogens with two attached hydrogens (primary N) is 1. The van der Waals surface area contributed by atoms with E-state index in [1.807, 2.05) is 0 Å². The van der Waals surface area contributed by atoms with E-state index in [0.717, 1.165) is 24.4 Å². The van der Waals surface area contributed by atoms with Crippen LogP contribution in [0.25, 0.3) is 0 Å². The van der Waals surface area contributed by atoms with Crippen molar-refractivity contribution in [3.63, 3.8) is 0 Å². The van der Waals surface area contributed by atoms with E-state index in [4.69, 9.17) is 5.73 Å². The Morgan fingerprint density at radius 3 is 2.38 bits per heavy atom. The van der Waals surface area contributed by atoms with Crippen molar-refractivity contribution in [1.29, 1.82) is 0 Å². The molecule has 0 bridgehead atoms. The second kappa shape index (κ2) is 6.04. The summed E-state index contributed by atoms with van der Waals surface area (Å²) in [5.74, 6) is -0.540. The highest BCUT2D eigenvalue weighted by molar-refractivity contribution is 5.94. The summed E-state index contributed by atoms with van der Waals surface area (Å²) in [5.41, 5.74) is 6.25. The van der Waals surface area contributed by atoms with Crippen LogP contribution in [0.3, 0.4) is 0 Å². The Labute approximate surface area is 126 Å². The summed E-state index contributed by atoms with van der Waals surface area (Å²) >= 11 is 0. The number of nitrogens with one attached hydrogen (secondary N) is 1. The normalized spacial score (nSPS) is 22.9. The van der Waals surface area contributed by atoms with E-state index in [9.17, 15) is 9.18 Å². The van der Waals surface area contributed by atoms with Gasteiger partial charge in [0.2, 0.25) is 0 Å². The van der Waals surface area contributed by atoms with Gasteiger partial charge in [-0.3, -0.25) is 4.79 Å². The molecule has 1 aliphatic carbocycles. The van der Waals surface area contributed by atoms with Crippen LogP contribution in [0.2, 0.25) is 0 Å². The van der Waals surface area contributed by atoms with Crippen LogP contribution in [-0.2, 0) is 0 Å². The van der Waals surface area contributed by atoms with Crippen molar-refractivity contribution in [3.05, 3.63) is 29.6 Å². The zero-order valence-corrected chi connectivity index (χ0v) is 13.1. The average Bonchev–Trinajstić information content (AvgIpc) is 2.40. The van der Waals surface area contributed by atoms with E-state index in [0.29, 0.717) is 11.5 Å². The van der Waals surface area contributed by atoms with Crippen LogP contribution in [0.5, 0.6) is 0 Å². The molecule has 1 amide bonds. The molecular weight excluding hydrogens is 267 g/mol. The van der Waals surface area contributed by atoms with Crippen LogP contribution >= 0.6 is 0 Å². The van der Waals surface area contributed by atoms with Crippen LogP contribution in [-0.4, -0.2) is 11.9 Å². The molecule has 3 nitrogen and oxygen atoms in total. The third-order valence-electron chi connectivity index (χ3n) is 4.55. The predicted molar refractivity (Wildman–Crippen MR) is 83.7 cm³/mol. The fraction of sp³-hybridized carbons (Fsp3) is 0.588. The van der Waals surface area contributed by atoms with Gasteiger partial charge >= 0.3 is 0 Å². The van der Waals surface area contributed by atoms with E-state index >= 15 is 0 Å². The zero-order chi connectivity index (χ0) is 15.6. The lowest BCUT2D eigenvalue weighted by molar-refractivity contribution is 0.0996. The van der Waals surface area contributed by atoms with Crippen LogP contribution in [0.4, 0.5) is 10.1 Å². The Kier molecular flexibility index (Phi) is 4.55. The molecule has 1 aromatic rings. The highest BCUT2D eigenvalue weighted by atomic mass is 19.1. The van der Waals surface area contributed by atoms with Crippen molar-refractivity contribution in [3.8, 4) is 0 Å². The highest BCUT2D eigenvalue weighted by Crippen LogP contribution is 2.38. The molecule has 0 spiro atoms. The van der Waals surface area contributed by atoms with E-state index in [1.165, 1.54) is 25.0 Å². The van der Waals surface area contributed by atoms with Crippen LogP contribution in [0, 0.1) is 17.2 Å². The van der Waals surface area contributed by atoms with Gasteiger partial charge in [0.1, 0.15) is 5.82 Å². The molecule has 1 saturated carbocycles. The molecule has 21 heavy (non-hydrogen) atoms. The molecule has 0 saturated heterocycles. The smallest absolute Gasteiger partial charge is 0.251 e. The Bertz CT molecular complexity index is 514. The van der Waals surface area contributed by atoms with Gasteiger partial charge in [-0.1, -0.05) is 20.8 Å². The molecule has 1 aliphatic rings. The monoisotopic (exact) mass is 292 g/mol. The first kappa shape index (κ1) is 15.8. The molecule has 0 unspecified atom stereocenters. The van der Waals surface area contributed by atoms with Gasteiger partial charge in [-0.05, 0) is 55.2 Å². The zero-order valence-electron chi connectivity index (χ0n) is 13.1. The third kappa shape index (κ3) is 3.96. The molecule has 116 valence electrons. The van der Waals surface area contributed by atoms with Gasteiger partial charge in [0.15, 0.2) is 0 Å². The summed E-state index contributed by atoms with van der Waals surface area (Å²) in [6, 6.07) is 4.85. The van der Waals surface area contributed by atoms with Crippen LogP contribution in [0.1, 0.15) is 56.8 Å². The van der Waals surface area contributed by atoms with E-state index in [-0.39, 0.29) is 5.56 Å². The molecule has 4 heteroatoms. The first-order chi connectivity index (χ1) is 9.77. The summed E-state index contributed by atoms with van der Waals surface area (Å²) in [4.78, 5) is 11.2. The topological polar surface area (TPSA) is 55.1 Å². The maximum absolute atomic E-state index is 13.5. The number of halogens is 1. The van der Waals surface area contributed by atoms with E-state index in [2.05, 4.69) is 26.1 Å². The molecule has 2 rings (SSSR count). The highest BCUT2D eigenvalue weighted by Gasteiger charge is 2.29. The number of hydrogen-bond acceptors (Lipinski definition) is 2. The number of amides is 1. The first-order valence-electron chi connectivity index (χ1n) is 7.63. The number of hydrogen-bond donors (Lipinski definition) is 2. The second-order valence-corrected chi connectivity index (χ2v) is 7.12. The van der Waals surface area contributed by atoms with E-state index < -0.39 is 11.7 Å². The second-order valence-electron chi connectivity index (χ2n) is 7.12. The SMILES string of the molecule is CC(C)(C)C1CCC(Nc2ccc(F)c(C(N)=O)c2)CC1. The molecule has 0 radical (unpaired) electrons. The largest absolute Gasteiger partial charge is 0.382 e. The molecule has 0 atom stereocenters. The first-order valence-corrected chi connectivity index (χ1v) is 7.63. The van der Waals surface area contributed by atoms with Crippen molar-refractivity contribution in [2.24, 2.45) is 17.1 Å².